The predicted octanol–water partition coefficient (Wildman–Crippen LogP) is -0.134. The highest BCUT2D eigenvalue weighted by Crippen LogP contribution is 2.19. The number of pyridine rings is 1. The van der Waals surface area contributed by atoms with Gasteiger partial charge in [0.05, 0.1) is 18.8 Å². The van der Waals surface area contributed by atoms with E-state index in [0.29, 0.717) is 5.82 Å². The third kappa shape index (κ3) is 3.37. The second-order valence-electron chi connectivity index (χ2n) is 4.89. The summed E-state index contributed by atoms with van der Waals surface area (Å²) < 4.78 is 6.66. The Morgan fingerprint density at radius 1 is 1.33 bits per heavy atom. The molecular weight excluding hydrogens is 340 g/mol. The summed E-state index contributed by atoms with van der Waals surface area (Å²) in [4.78, 5) is 28.4. The Labute approximate surface area is 142 Å². The average molecular weight is 355 g/mol. The van der Waals surface area contributed by atoms with Crippen molar-refractivity contribution < 1.29 is 24.5 Å². The fraction of sp³-hybridized carbons (Fsp3) is 0.286. The van der Waals surface area contributed by atoms with Crippen molar-refractivity contribution in [1.29, 1.82) is 0 Å². The topological polar surface area (TPSA) is 118 Å². The summed E-state index contributed by atoms with van der Waals surface area (Å²) >= 11 is 0. The molecule has 1 saturated heterocycles. The first-order valence-corrected chi connectivity index (χ1v) is 6.88. The van der Waals surface area contributed by atoms with Gasteiger partial charge in [-0.15, -0.1) is 17.5 Å². The molecule has 1 aliphatic rings. The van der Waals surface area contributed by atoms with E-state index in [1.165, 1.54) is 4.90 Å². The van der Waals surface area contributed by atoms with Crippen LogP contribution in [0.5, 0.6) is 0 Å². The van der Waals surface area contributed by atoms with Crippen LogP contribution in [0.15, 0.2) is 36.8 Å². The van der Waals surface area contributed by atoms with Crippen molar-refractivity contribution in [3.8, 4) is 5.69 Å². The van der Waals surface area contributed by atoms with Gasteiger partial charge in [0, 0.05) is 24.7 Å². The zero-order valence-corrected chi connectivity index (χ0v) is 13.2. The molecule has 2 N–H and O–H groups in total. The van der Waals surface area contributed by atoms with E-state index < -0.39 is 24.1 Å². The maximum Gasteiger partial charge on any atom is 0.335 e. The van der Waals surface area contributed by atoms with E-state index in [-0.39, 0.29) is 25.6 Å². The Morgan fingerprint density at radius 2 is 2.04 bits per heavy atom. The molecule has 0 saturated carbocycles. The number of amides is 1. The molecule has 24 heavy (non-hydrogen) atoms. The number of hydrogen-bond donors (Lipinski definition) is 2. The molecule has 3 heterocycles. The molecule has 1 amide bonds. The summed E-state index contributed by atoms with van der Waals surface area (Å²) in [6.07, 6.45) is 1.57. The Bertz CT molecular complexity index is 723. The number of aliphatic hydroxyl groups is 1. The molecule has 0 spiro atoms. The Morgan fingerprint density at radius 3 is 2.71 bits per heavy atom. The van der Waals surface area contributed by atoms with Crippen molar-refractivity contribution in [2.24, 2.45) is 0 Å². The summed E-state index contributed by atoms with van der Waals surface area (Å²) in [5, 5.41) is 22.7. The number of carboxylic acid groups (broad SMARTS) is 1. The second-order valence-corrected chi connectivity index (χ2v) is 4.89. The molecule has 0 aliphatic carbocycles. The number of rotatable bonds is 4. The number of aromatic nitrogens is 3. The van der Waals surface area contributed by atoms with Crippen LogP contribution >= 0.6 is 12.4 Å². The molecule has 2 atom stereocenters. The molecule has 2 aromatic rings. The minimum atomic E-state index is -1.91. The third-order valence-electron chi connectivity index (χ3n) is 3.44. The van der Waals surface area contributed by atoms with Crippen LogP contribution in [-0.4, -0.2) is 62.2 Å². The lowest BCUT2D eigenvalue weighted by Gasteiger charge is -2.31. The van der Waals surface area contributed by atoms with Gasteiger partial charge in [-0.2, -0.15) is 0 Å². The lowest BCUT2D eigenvalue weighted by atomic mass is 10.1. The minimum Gasteiger partial charge on any atom is -0.479 e. The number of carbonyl (C=O) groups excluding carboxylic acids is 1. The van der Waals surface area contributed by atoms with Crippen molar-refractivity contribution in [1.82, 2.24) is 14.8 Å². The van der Waals surface area contributed by atoms with Gasteiger partial charge in [-0.1, -0.05) is 0 Å². The van der Waals surface area contributed by atoms with Gasteiger partial charge in [0.15, 0.2) is 18.0 Å². The largest absolute Gasteiger partial charge is 0.479 e. The van der Waals surface area contributed by atoms with Gasteiger partial charge in [0.25, 0.3) is 5.91 Å². The summed E-state index contributed by atoms with van der Waals surface area (Å²) in [5.74, 6) is -1.78. The van der Waals surface area contributed by atoms with Crippen LogP contribution in [0.25, 0.3) is 5.69 Å². The van der Waals surface area contributed by atoms with Gasteiger partial charge in [0.1, 0.15) is 0 Å². The van der Waals surface area contributed by atoms with E-state index >= 15 is 0 Å². The number of nitrogens with zero attached hydrogens (tertiary/aromatic N) is 4. The maximum absolute atomic E-state index is 12.3. The van der Waals surface area contributed by atoms with Gasteiger partial charge < -0.3 is 14.9 Å². The summed E-state index contributed by atoms with van der Waals surface area (Å²) in [6, 6.07) is 5.15. The number of aliphatic hydroxyl groups excluding tert-OH is 1. The number of aliphatic carboxylic acids is 1. The zero-order chi connectivity index (χ0) is 16.4. The van der Waals surface area contributed by atoms with Gasteiger partial charge >= 0.3 is 5.97 Å². The van der Waals surface area contributed by atoms with Crippen LogP contribution in [0.3, 0.4) is 0 Å². The molecule has 1 aliphatic heterocycles. The molecule has 128 valence electrons. The SMILES string of the molecule is Cl.O=C(O)[C@H](O)[C@H]1OCCN(c2ccn(-c3ccncc3)n2)C1=O. The van der Waals surface area contributed by atoms with Crippen LogP contribution < -0.4 is 4.90 Å². The summed E-state index contributed by atoms with van der Waals surface area (Å²) in [6.45, 7) is 0.345. The normalized spacial score (nSPS) is 18.8. The first-order valence-electron chi connectivity index (χ1n) is 6.88. The van der Waals surface area contributed by atoms with E-state index in [1.807, 2.05) is 0 Å². The number of carboxylic acids is 1. The lowest BCUT2D eigenvalue weighted by molar-refractivity contribution is -0.163. The predicted molar refractivity (Wildman–Crippen MR) is 84.3 cm³/mol. The average Bonchev–Trinajstić information content (AvgIpc) is 3.05. The molecule has 0 unspecified atom stereocenters. The fourth-order valence-electron chi connectivity index (χ4n) is 2.29. The van der Waals surface area contributed by atoms with Crippen LogP contribution in [0, 0.1) is 0 Å². The quantitative estimate of drug-likeness (QED) is 0.785. The number of carbonyl (C=O) groups is 2. The Hall–Kier alpha value is -2.49. The number of halogens is 1. The standard InChI is InChI=1S/C14H14N4O5.ClH/c19-11(14(21)22)12-13(20)17(7-8-23-12)10-3-6-18(16-10)9-1-4-15-5-2-9;/h1-6,11-12,19H,7-8H2,(H,21,22);1H/t11-,12-;/m1./s1. The van der Waals surface area contributed by atoms with E-state index in [1.54, 1.807) is 41.5 Å². The van der Waals surface area contributed by atoms with Crippen LogP contribution in [-0.2, 0) is 14.3 Å². The number of hydrogen-bond acceptors (Lipinski definition) is 6. The Balaban J connectivity index is 0.00000208. The van der Waals surface area contributed by atoms with Crippen molar-refractivity contribution in [3.05, 3.63) is 36.8 Å². The molecular formula is C14H15ClN4O5. The number of anilines is 1. The van der Waals surface area contributed by atoms with E-state index in [2.05, 4.69) is 10.1 Å². The molecule has 3 rings (SSSR count). The van der Waals surface area contributed by atoms with Crippen LogP contribution in [0.2, 0.25) is 0 Å². The third-order valence-corrected chi connectivity index (χ3v) is 3.44. The number of ether oxygens (including phenoxy) is 1. The molecule has 10 heteroatoms. The highest BCUT2D eigenvalue weighted by atomic mass is 35.5. The van der Waals surface area contributed by atoms with Gasteiger partial charge in [-0.3, -0.25) is 14.7 Å². The fourth-order valence-corrected chi connectivity index (χ4v) is 2.29. The lowest BCUT2D eigenvalue weighted by Crippen LogP contribution is -2.54. The number of morpholine rings is 1. The summed E-state index contributed by atoms with van der Waals surface area (Å²) in [7, 11) is 0. The maximum atomic E-state index is 12.3. The molecule has 2 aromatic heterocycles. The van der Waals surface area contributed by atoms with Gasteiger partial charge in [-0.05, 0) is 12.1 Å². The van der Waals surface area contributed by atoms with Gasteiger partial charge in [-0.25, -0.2) is 9.48 Å². The zero-order valence-electron chi connectivity index (χ0n) is 12.3. The summed E-state index contributed by atoms with van der Waals surface area (Å²) in [5.41, 5.74) is 0.772. The smallest absolute Gasteiger partial charge is 0.335 e. The van der Waals surface area contributed by atoms with Gasteiger partial charge in [0.2, 0.25) is 0 Å². The second kappa shape index (κ2) is 7.39. The van der Waals surface area contributed by atoms with Crippen molar-refractivity contribution in [2.45, 2.75) is 12.2 Å². The van der Waals surface area contributed by atoms with E-state index in [9.17, 15) is 14.7 Å². The molecule has 1 fully saturated rings. The van der Waals surface area contributed by atoms with Crippen LogP contribution in [0.1, 0.15) is 0 Å². The van der Waals surface area contributed by atoms with E-state index in [4.69, 9.17) is 9.84 Å². The van der Waals surface area contributed by atoms with Crippen LogP contribution in [0.4, 0.5) is 5.82 Å². The molecule has 0 radical (unpaired) electrons. The highest BCUT2D eigenvalue weighted by molar-refractivity contribution is 5.99. The first-order chi connectivity index (χ1) is 11.1. The van der Waals surface area contributed by atoms with Crippen molar-refractivity contribution in [2.75, 3.05) is 18.1 Å². The molecule has 0 aromatic carbocycles. The Kier molecular flexibility index (Phi) is 5.50. The first kappa shape index (κ1) is 17.9. The molecule has 9 nitrogen and oxygen atoms in total. The monoisotopic (exact) mass is 354 g/mol. The van der Waals surface area contributed by atoms with Crippen molar-refractivity contribution >= 4 is 30.1 Å². The van der Waals surface area contributed by atoms with Crippen molar-refractivity contribution in [3.63, 3.8) is 0 Å². The molecule has 0 bridgehead atoms. The highest BCUT2D eigenvalue weighted by Gasteiger charge is 2.39. The van der Waals surface area contributed by atoms with E-state index in [0.717, 1.165) is 5.69 Å². The minimum absolute atomic E-state index is 0.